The minimum atomic E-state index is -3.61. The average Bonchev–Trinajstić information content (AvgIpc) is 2.74. The Hall–Kier alpha value is -1.51. The highest BCUT2D eigenvalue weighted by atomic mass is 35.5. The normalized spacial score (nSPS) is 17.3. The predicted octanol–water partition coefficient (Wildman–Crippen LogP) is 4.38. The van der Waals surface area contributed by atoms with E-state index >= 15 is 0 Å². The first kappa shape index (κ1) is 24.1. The van der Waals surface area contributed by atoms with Gasteiger partial charge in [0.2, 0.25) is 15.9 Å². The number of hydrogen-bond donors (Lipinski definition) is 1. The number of benzene rings is 2. The number of piperidine rings is 1. The predicted molar refractivity (Wildman–Crippen MR) is 123 cm³/mol. The minimum Gasteiger partial charge on any atom is -0.492 e. The van der Waals surface area contributed by atoms with Crippen molar-refractivity contribution < 1.29 is 17.9 Å². The van der Waals surface area contributed by atoms with E-state index in [2.05, 4.69) is 5.32 Å². The summed E-state index contributed by atoms with van der Waals surface area (Å²) < 4.78 is 32.7. The minimum absolute atomic E-state index is 0.150. The van der Waals surface area contributed by atoms with Gasteiger partial charge in [-0.05, 0) is 54.8 Å². The molecule has 1 atom stereocenters. The zero-order valence-corrected chi connectivity index (χ0v) is 19.8. The van der Waals surface area contributed by atoms with Crippen molar-refractivity contribution in [1.82, 2.24) is 9.62 Å². The van der Waals surface area contributed by atoms with Gasteiger partial charge in [-0.25, -0.2) is 12.7 Å². The first-order chi connectivity index (χ1) is 14.7. The van der Waals surface area contributed by atoms with Crippen LogP contribution in [-0.2, 0) is 20.6 Å². The Morgan fingerprint density at radius 1 is 1.10 bits per heavy atom. The number of carbonyl (C=O) groups is 1. The first-order valence-electron chi connectivity index (χ1n) is 9.82. The zero-order chi connectivity index (χ0) is 22.4. The number of nitrogens with one attached hydrogen (secondary N) is 1. The van der Waals surface area contributed by atoms with Crippen molar-refractivity contribution >= 4 is 50.7 Å². The zero-order valence-electron chi connectivity index (χ0n) is 16.7. The van der Waals surface area contributed by atoms with E-state index in [1.54, 1.807) is 36.4 Å². The molecule has 1 N–H and O–H groups in total. The van der Waals surface area contributed by atoms with E-state index in [4.69, 9.17) is 39.5 Å². The van der Waals surface area contributed by atoms with Crippen LogP contribution in [0.1, 0.15) is 18.4 Å². The van der Waals surface area contributed by atoms with Crippen molar-refractivity contribution in [2.24, 2.45) is 5.92 Å². The van der Waals surface area contributed by atoms with E-state index in [1.165, 1.54) is 10.4 Å². The molecule has 1 aliphatic rings. The summed E-state index contributed by atoms with van der Waals surface area (Å²) in [4.78, 5) is 12.5. The summed E-state index contributed by atoms with van der Waals surface area (Å²) in [5.74, 6) is -0.148. The number of rotatable bonds is 8. The molecule has 0 bridgehead atoms. The fourth-order valence-electron chi connectivity index (χ4n) is 3.35. The highest BCUT2D eigenvalue weighted by Crippen LogP contribution is 2.26. The van der Waals surface area contributed by atoms with Crippen LogP contribution >= 0.6 is 34.8 Å². The molecule has 1 aliphatic heterocycles. The molecule has 1 fully saturated rings. The molecule has 2 aromatic rings. The van der Waals surface area contributed by atoms with E-state index in [0.717, 1.165) is 0 Å². The molecule has 168 valence electrons. The summed E-state index contributed by atoms with van der Waals surface area (Å²) >= 11 is 17.8. The third-order valence-corrected chi connectivity index (χ3v) is 7.62. The molecule has 0 unspecified atom stereocenters. The SMILES string of the molecule is O=C(NCCOc1ccc(Cl)cc1)[C@@H]1CCCN(S(=O)(=O)Cc2ccc(Cl)cc2Cl)C1. The molecular weight excluding hydrogens is 483 g/mol. The van der Waals surface area contributed by atoms with Crippen molar-refractivity contribution in [1.29, 1.82) is 0 Å². The van der Waals surface area contributed by atoms with Crippen LogP contribution in [0.2, 0.25) is 15.1 Å². The summed E-state index contributed by atoms with van der Waals surface area (Å²) in [5, 5.41) is 4.20. The van der Waals surface area contributed by atoms with Crippen LogP contribution in [0.3, 0.4) is 0 Å². The molecule has 3 rings (SSSR count). The van der Waals surface area contributed by atoms with Crippen molar-refractivity contribution in [2.45, 2.75) is 18.6 Å². The van der Waals surface area contributed by atoms with Gasteiger partial charge in [0.1, 0.15) is 12.4 Å². The largest absolute Gasteiger partial charge is 0.492 e. The molecule has 2 aromatic carbocycles. The maximum absolute atomic E-state index is 12.9. The summed E-state index contributed by atoms with van der Waals surface area (Å²) in [6, 6.07) is 11.7. The molecule has 0 aromatic heterocycles. The van der Waals surface area contributed by atoms with Gasteiger partial charge in [-0.1, -0.05) is 40.9 Å². The molecule has 0 radical (unpaired) electrons. The summed E-state index contributed by atoms with van der Waals surface area (Å²) in [6.07, 6.45) is 1.25. The molecular formula is C21H23Cl3N2O4S. The number of nitrogens with zero attached hydrogens (tertiary/aromatic N) is 1. The van der Waals surface area contributed by atoms with Crippen LogP contribution in [0.4, 0.5) is 0 Å². The standard InChI is InChI=1S/C21H23Cl3N2O4S/c22-17-5-7-19(8-6-17)30-11-9-25-21(27)15-2-1-10-26(13-15)31(28,29)14-16-3-4-18(23)12-20(16)24/h3-8,12,15H,1-2,9-11,13-14H2,(H,25,27)/t15-/m1/s1. The highest BCUT2D eigenvalue weighted by Gasteiger charge is 2.32. The lowest BCUT2D eigenvalue weighted by atomic mass is 9.99. The lowest BCUT2D eigenvalue weighted by Gasteiger charge is -2.31. The Kier molecular flexibility index (Phi) is 8.47. The number of amides is 1. The van der Waals surface area contributed by atoms with Crippen molar-refractivity contribution in [3.63, 3.8) is 0 Å². The number of ether oxygens (including phenoxy) is 1. The highest BCUT2D eigenvalue weighted by molar-refractivity contribution is 7.88. The van der Waals surface area contributed by atoms with Gasteiger partial charge in [0.25, 0.3) is 0 Å². The number of sulfonamides is 1. The molecule has 0 saturated carbocycles. The van der Waals surface area contributed by atoms with Crippen molar-refractivity contribution in [3.8, 4) is 5.75 Å². The maximum atomic E-state index is 12.9. The van der Waals surface area contributed by atoms with E-state index in [0.29, 0.717) is 58.9 Å². The Balaban J connectivity index is 1.50. The summed E-state index contributed by atoms with van der Waals surface area (Å²) in [6.45, 7) is 1.16. The number of carbonyl (C=O) groups excluding carboxylic acids is 1. The van der Waals surface area contributed by atoms with Crippen LogP contribution in [0, 0.1) is 5.92 Å². The van der Waals surface area contributed by atoms with Gasteiger partial charge in [-0.3, -0.25) is 4.79 Å². The molecule has 6 nitrogen and oxygen atoms in total. The van der Waals surface area contributed by atoms with Gasteiger partial charge in [0, 0.05) is 28.2 Å². The van der Waals surface area contributed by atoms with Gasteiger partial charge in [0.05, 0.1) is 18.2 Å². The molecule has 31 heavy (non-hydrogen) atoms. The quantitative estimate of drug-likeness (QED) is 0.540. The summed E-state index contributed by atoms with van der Waals surface area (Å²) in [7, 11) is -3.61. The van der Waals surface area contributed by atoms with Crippen molar-refractivity contribution in [3.05, 3.63) is 63.1 Å². The second kappa shape index (κ2) is 10.9. The molecule has 0 aliphatic carbocycles. The molecule has 1 heterocycles. The van der Waals surface area contributed by atoms with E-state index in [9.17, 15) is 13.2 Å². The molecule has 0 spiro atoms. The molecule has 1 amide bonds. The smallest absolute Gasteiger partial charge is 0.224 e. The lowest BCUT2D eigenvalue weighted by molar-refractivity contribution is -0.126. The third-order valence-electron chi connectivity index (χ3n) is 4.98. The Morgan fingerprint density at radius 2 is 1.81 bits per heavy atom. The average molecular weight is 506 g/mol. The lowest BCUT2D eigenvalue weighted by Crippen LogP contribution is -2.46. The second-order valence-corrected chi connectivity index (χ2v) is 10.5. The van der Waals surface area contributed by atoms with Crippen LogP contribution in [0.15, 0.2) is 42.5 Å². The Bertz CT molecular complexity index is 1020. The third kappa shape index (κ3) is 6.99. The van der Waals surface area contributed by atoms with Crippen LogP contribution < -0.4 is 10.1 Å². The Morgan fingerprint density at radius 3 is 2.52 bits per heavy atom. The second-order valence-electron chi connectivity index (χ2n) is 7.28. The fourth-order valence-corrected chi connectivity index (χ4v) is 5.68. The maximum Gasteiger partial charge on any atom is 0.224 e. The van der Waals surface area contributed by atoms with Crippen molar-refractivity contribution in [2.75, 3.05) is 26.2 Å². The van der Waals surface area contributed by atoms with Gasteiger partial charge in [-0.2, -0.15) is 0 Å². The molecule has 1 saturated heterocycles. The van der Waals surface area contributed by atoms with E-state index in [1.807, 2.05) is 0 Å². The summed E-state index contributed by atoms with van der Waals surface area (Å²) in [5.41, 5.74) is 0.483. The first-order valence-corrected chi connectivity index (χ1v) is 12.6. The van der Waals surface area contributed by atoms with Crippen LogP contribution in [-0.4, -0.2) is 44.9 Å². The van der Waals surface area contributed by atoms with Gasteiger partial charge in [0.15, 0.2) is 0 Å². The van der Waals surface area contributed by atoms with Crippen LogP contribution in [0.25, 0.3) is 0 Å². The monoisotopic (exact) mass is 504 g/mol. The van der Waals surface area contributed by atoms with E-state index in [-0.39, 0.29) is 18.2 Å². The number of hydrogen-bond acceptors (Lipinski definition) is 4. The Labute approximate surface area is 197 Å². The molecule has 10 heteroatoms. The van der Waals surface area contributed by atoms with Crippen LogP contribution in [0.5, 0.6) is 5.75 Å². The van der Waals surface area contributed by atoms with Gasteiger partial charge >= 0.3 is 0 Å². The van der Waals surface area contributed by atoms with Gasteiger partial charge in [-0.15, -0.1) is 0 Å². The van der Waals surface area contributed by atoms with Gasteiger partial charge < -0.3 is 10.1 Å². The fraction of sp³-hybridized carbons (Fsp3) is 0.381. The topological polar surface area (TPSA) is 75.7 Å². The number of halogens is 3. The van der Waals surface area contributed by atoms with E-state index < -0.39 is 15.9 Å².